The van der Waals surface area contributed by atoms with E-state index in [1.54, 1.807) is 4.90 Å². The molecule has 1 fully saturated rings. The van der Waals surface area contributed by atoms with Crippen molar-refractivity contribution in [2.24, 2.45) is 5.92 Å². The average molecular weight is 341 g/mol. The fourth-order valence-electron chi connectivity index (χ4n) is 2.80. The van der Waals surface area contributed by atoms with Crippen molar-refractivity contribution in [3.8, 4) is 5.75 Å². The summed E-state index contributed by atoms with van der Waals surface area (Å²) in [6, 6.07) is 6.25. The number of aryl methyl sites for hydroxylation is 1. The zero-order chi connectivity index (χ0) is 14.4. The van der Waals surface area contributed by atoms with Gasteiger partial charge in [-0.25, -0.2) is 0 Å². The van der Waals surface area contributed by atoms with Crippen LogP contribution >= 0.6 is 15.9 Å². The lowest BCUT2D eigenvalue weighted by atomic mass is 9.99. The summed E-state index contributed by atoms with van der Waals surface area (Å²) in [5, 5.41) is 0. The molecule has 1 aromatic rings. The molecule has 0 aromatic heterocycles. The first-order valence-corrected chi connectivity index (χ1v) is 8.67. The van der Waals surface area contributed by atoms with Crippen LogP contribution in [0.5, 0.6) is 5.75 Å². The van der Waals surface area contributed by atoms with Gasteiger partial charge in [-0.2, -0.15) is 0 Å². The topological polar surface area (TPSA) is 13.7 Å². The third-order valence-electron chi connectivity index (χ3n) is 4.25. The molecule has 2 rings (SSSR count). The van der Waals surface area contributed by atoms with Crippen molar-refractivity contribution < 1.29 is 9.64 Å². The lowest BCUT2D eigenvalue weighted by Crippen LogP contribution is -3.13. The number of likely N-dealkylation sites (tertiary alicyclic amines) is 1. The summed E-state index contributed by atoms with van der Waals surface area (Å²) in [4.78, 5) is 1.79. The van der Waals surface area contributed by atoms with Crippen LogP contribution in [0, 0.1) is 12.8 Å². The van der Waals surface area contributed by atoms with Gasteiger partial charge in [-0.15, -0.1) is 0 Å². The Labute approximate surface area is 131 Å². The Morgan fingerprint density at radius 1 is 1.25 bits per heavy atom. The van der Waals surface area contributed by atoms with Gasteiger partial charge in [0.15, 0.2) is 0 Å². The maximum absolute atomic E-state index is 5.84. The number of hydrogen-bond acceptors (Lipinski definition) is 1. The molecule has 0 unspecified atom stereocenters. The maximum Gasteiger partial charge on any atom is 0.133 e. The molecule has 0 saturated carbocycles. The number of unbranched alkanes of at least 4 members (excludes halogenated alkanes) is 1. The molecule has 1 aliphatic rings. The Balaban J connectivity index is 1.59. The molecule has 1 aliphatic heterocycles. The van der Waals surface area contributed by atoms with Crippen LogP contribution in [0.15, 0.2) is 22.7 Å². The first kappa shape index (κ1) is 15.8. The summed E-state index contributed by atoms with van der Waals surface area (Å²) in [6.45, 7) is 9.34. The normalized spacial score (nSPS) is 22.8. The van der Waals surface area contributed by atoms with Crippen LogP contribution in [0.1, 0.15) is 38.2 Å². The maximum atomic E-state index is 5.84. The van der Waals surface area contributed by atoms with Crippen LogP contribution in [0.25, 0.3) is 0 Å². The molecule has 0 atom stereocenters. The average Bonchev–Trinajstić information content (AvgIpc) is 2.42. The molecule has 1 heterocycles. The predicted octanol–water partition coefficient (Wildman–Crippen LogP) is 3.23. The van der Waals surface area contributed by atoms with Gasteiger partial charge in [-0.05, 0) is 72.2 Å². The Kier molecular flexibility index (Phi) is 6.37. The number of benzene rings is 1. The number of rotatable bonds is 6. The summed E-state index contributed by atoms with van der Waals surface area (Å²) in [6.07, 6.45) is 5.23. The van der Waals surface area contributed by atoms with E-state index >= 15 is 0 Å². The van der Waals surface area contributed by atoms with E-state index in [0.29, 0.717) is 0 Å². The Bertz CT molecular complexity index is 413. The number of halogens is 1. The van der Waals surface area contributed by atoms with Crippen molar-refractivity contribution >= 4 is 15.9 Å². The summed E-state index contributed by atoms with van der Waals surface area (Å²) < 4.78 is 6.91. The van der Waals surface area contributed by atoms with Gasteiger partial charge in [0, 0.05) is 0 Å². The minimum atomic E-state index is 0.825. The molecule has 0 radical (unpaired) electrons. The minimum Gasteiger partial charge on any atom is -0.492 e. The minimum absolute atomic E-state index is 0.825. The SMILES string of the molecule is Cc1ccc(OCCCC[NH+]2CCC(C)CC2)c(Br)c1. The van der Waals surface area contributed by atoms with Gasteiger partial charge in [0.1, 0.15) is 5.75 Å². The Morgan fingerprint density at radius 2 is 2.00 bits per heavy atom. The molecule has 112 valence electrons. The first-order chi connectivity index (χ1) is 9.65. The standard InChI is InChI=1S/C17H26BrNO/c1-14-7-10-19(11-8-14)9-3-4-12-20-17-6-5-15(2)13-16(17)18/h5-6,13-14H,3-4,7-12H2,1-2H3/p+1. The molecule has 0 bridgehead atoms. The van der Waals surface area contributed by atoms with Gasteiger partial charge in [0.05, 0.1) is 30.7 Å². The number of ether oxygens (including phenoxy) is 1. The largest absolute Gasteiger partial charge is 0.492 e. The van der Waals surface area contributed by atoms with E-state index in [9.17, 15) is 0 Å². The fourth-order valence-corrected chi connectivity index (χ4v) is 3.41. The zero-order valence-electron chi connectivity index (χ0n) is 12.8. The van der Waals surface area contributed by atoms with Gasteiger partial charge < -0.3 is 9.64 Å². The third-order valence-corrected chi connectivity index (χ3v) is 4.87. The zero-order valence-corrected chi connectivity index (χ0v) is 14.3. The smallest absolute Gasteiger partial charge is 0.133 e. The van der Waals surface area contributed by atoms with Crippen molar-refractivity contribution in [2.75, 3.05) is 26.2 Å². The quantitative estimate of drug-likeness (QED) is 0.785. The van der Waals surface area contributed by atoms with Gasteiger partial charge in [-0.3, -0.25) is 0 Å². The summed E-state index contributed by atoms with van der Waals surface area (Å²) in [5.41, 5.74) is 1.26. The van der Waals surface area contributed by atoms with Crippen molar-refractivity contribution in [1.29, 1.82) is 0 Å². The van der Waals surface area contributed by atoms with Crippen molar-refractivity contribution in [2.45, 2.75) is 39.5 Å². The highest BCUT2D eigenvalue weighted by Crippen LogP contribution is 2.25. The van der Waals surface area contributed by atoms with E-state index < -0.39 is 0 Å². The van der Waals surface area contributed by atoms with E-state index in [4.69, 9.17) is 4.74 Å². The van der Waals surface area contributed by atoms with Crippen molar-refractivity contribution in [3.63, 3.8) is 0 Å². The van der Waals surface area contributed by atoms with E-state index in [2.05, 4.69) is 48.0 Å². The third kappa shape index (κ3) is 5.10. The number of quaternary nitrogens is 1. The van der Waals surface area contributed by atoms with Crippen LogP contribution in [0.4, 0.5) is 0 Å². The molecule has 1 saturated heterocycles. The van der Waals surface area contributed by atoms with E-state index in [1.165, 1.54) is 44.5 Å². The number of hydrogen-bond donors (Lipinski definition) is 1. The van der Waals surface area contributed by atoms with E-state index in [-0.39, 0.29) is 0 Å². The van der Waals surface area contributed by atoms with Crippen LogP contribution in [-0.4, -0.2) is 26.2 Å². The lowest BCUT2D eigenvalue weighted by Gasteiger charge is -2.27. The Morgan fingerprint density at radius 3 is 2.70 bits per heavy atom. The molecule has 2 nitrogen and oxygen atoms in total. The van der Waals surface area contributed by atoms with E-state index in [0.717, 1.165) is 29.2 Å². The second-order valence-electron chi connectivity index (χ2n) is 6.17. The van der Waals surface area contributed by atoms with Crippen LogP contribution in [-0.2, 0) is 0 Å². The van der Waals surface area contributed by atoms with Gasteiger partial charge in [-0.1, -0.05) is 13.0 Å². The second kappa shape index (κ2) is 8.04. The van der Waals surface area contributed by atoms with Gasteiger partial charge in [0.2, 0.25) is 0 Å². The van der Waals surface area contributed by atoms with Crippen LogP contribution in [0.3, 0.4) is 0 Å². The lowest BCUT2D eigenvalue weighted by molar-refractivity contribution is -0.906. The fraction of sp³-hybridized carbons (Fsp3) is 0.647. The van der Waals surface area contributed by atoms with Gasteiger partial charge in [0.25, 0.3) is 0 Å². The molecule has 0 amide bonds. The van der Waals surface area contributed by atoms with Crippen LogP contribution in [0.2, 0.25) is 0 Å². The molecule has 3 heteroatoms. The van der Waals surface area contributed by atoms with Crippen molar-refractivity contribution in [1.82, 2.24) is 0 Å². The first-order valence-electron chi connectivity index (χ1n) is 7.87. The molecule has 0 aliphatic carbocycles. The molecule has 0 spiro atoms. The summed E-state index contributed by atoms with van der Waals surface area (Å²) in [5.74, 6) is 1.91. The van der Waals surface area contributed by atoms with E-state index in [1.807, 2.05) is 0 Å². The summed E-state index contributed by atoms with van der Waals surface area (Å²) in [7, 11) is 0. The highest BCUT2D eigenvalue weighted by molar-refractivity contribution is 9.10. The molecule has 1 aromatic carbocycles. The monoisotopic (exact) mass is 340 g/mol. The molecular weight excluding hydrogens is 314 g/mol. The second-order valence-corrected chi connectivity index (χ2v) is 7.03. The predicted molar refractivity (Wildman–Crippen MR) is 87.6 cm³/mol. The molecular formula is C17H27BrNO+. The highest BCUT2D eigenvalue weighted by atomic mass is 79.9. The molecule has 20 heavy (non-hydrogen) atoms. The Hall–Kier alpha value is -0.540. The summed E-state index contributed by atoms with van der Waals surface area (Å²) >= 11 is 3.56. The van der Waals surface area contributed by atoms with Crippen LogP contribution < -0.4 is 9.64 Å². The van der Waals surface area contributed by atoms with Gasteiger partial charge >= 0.3 is 0 Å². The highest BCUT2D eigenvalue weighted by Gasteiger charge is 2.17. The molecule has 1 N–H and O–H groups in total. The van der Waals surface area contributed by atoms with Crippen molar-refractivity contribution in [3.05, 3.63) is 28.2 Å². The number of nitrogens with one attached hydrogen (secondary N) is 1. The number of piperidine rings is 1.